The van der Waals surface area contributed by atoms with Crippen molar-refractivity contribution in [2.45, 2.75) is 13.3 Å². The van der Waals surface area contributed by atoms with E-state index < -0.39 is 0 Å². The van der Waals surface area contributed by atoms with Gasteiger partial charge in [-0.15, -0.1) is 0 Å². The van der Waals surface area contributed by atoms with E-state index in [0.29, 0.717) is 24.7 Å². The molecule has 1 atom stereocenters. The van der Waals surface area contributed by atoms with Crippen LogP contribution in [-0.4, -0.2) is 26.3 Å². The Labute approximate surface area is 110 Å². The lowest BCUT2D eigenvalue weighted by molar-refractivity contribution is 0.0424. The van der Waals surface area contributed by atoms with Gasteiger partial charge >= 0.3 is 5.97 Å². The molecule has 4 heteroatoms. The third kappa shape index (κ3) is 5.33. The molecule has 17 heavy (non-hydrogen) atoms. The summed E-state index contributed by atoms with van der Waals surface area (Å²) >= 11 is 3.32. The van der Waals surface area contributed by atoms with E-state index in [9.17, 15) is 4.79 Å². The SMILES string of the molecule is COCCC(C)COC(=O)c1cccc(Br)c1. The first-order valence-corrected chi connectivity index (χ1v) is 6.34. The van der Waals surface area contributed by atoms with Crippen LogP contribution in [-0.2, 0) is 9.47 Å². The number of methoxy groups -OCH3 is 1. The molecule has 0 radical (unpaired) electrons. The molecule has 1 aromatic carbocycles. The van der Waals surface area contributed by atoms with Crippen LogP contribution in [0.2, 0.25) is 0 Å². The molecule has 1 unspecified atom stereocenters. The van der Waals surface area contributed by atoms with Crippen LogP contribution in [0.25, 0.3) is 0 Å². The summed E-state index contributed by atoms with van der Waals surface area (Å²) in [5, 5.41) is 0. The maximum atomic E-state index is 11.7. The van der Waals surface area contributed by atoms with Crippen molar-refractivity contribution >= 4 is 21.9 Å². The first-order valence-electron chi connectivity index (χ1n) is 5.55. The second kappa shape index (κ2) is 7.45. The van der Waals surface area contributed by atoms with Crippen molar-refractivity contribution in [3.8, 4) is 0 Å². The molecular formula is C13H17BrO3. The largest absolute Gasteiger partial charge is 0.462 e. The molecule has 0 spiro atoms. The van der Waals surface area contributed by atoms with E-state index in [0.717, 1.165) is 10.9 Å². The molecule has 0 aliphatic rings. The number of esters is 1. The van der Waals surface area contributed by atoms with Gasteiger partial charge in [-0.2, -0.15) is 0 Å². The number of carbonyl (C=O) groups is 1. The number of hydrogen-bond donors (Lipinski definition) is 0. The van der Waals surface area contributed by atoms with Crippen LogP contribution in [0.3, 0.4) is 0 Å². The lowest BCUT2D eigenvalue weighted by Gasteiger charge is -2.11. The van der Waals surface area contributed by atoms with Gasteiger partial charge in [-0.25, -0.2) is 4.79 Å². The van der Waals surface area contributed by atoms with Gasteiger partial charge in [-0.3, -0.25) is 0 Å². The lowest BCUT2D eigenvalue weighted by atomic mass is 10.1. The molecule has 1 rings (SSSR count). The molecule has 0 saturated heterocycles. The minimum atomic E-state index is -0.282. The maximum absolute atomic E-state index is 11.7. The highest BCUT2D eigenvalue weighted by Crippen LogP contribution is 2.13. The standard InChI is InChI=1S/C13H17BrO3/c1-10(6-7-16-2)9-17-13(15)11-4-3-5-12(14)8-11/h3-5,8,10H,6-7,9H2,1-2H3. The van der Waals surface area contributed by atoms with Crippen molar-refractivity contribution in [3.63, 3.8) is 0 Å². The van der Waals surface area contributed by atoms with E-state index in [-0.39, 0.29) is 5.97 Å². The molecule has 0 heterocycles. The van der Waals surface area contributed by atoms with Crippen LogP contribution in [0.5, 0.6) is 0 Å². The van der Waals surface area contributed by atoms with Crippen molar-refractivity contribution in [1.82, 2.24) is 0 Å². The Kier molecular flexibility index (Phi) is 6.22. The number of halogens is 1. The minimum Gasteiger partial charge on any atom is -0.462 e. The Morgan fingerprint density at radius 1 is 1.47 bits per heavy atom. The second-order valence-electron chi connectivity index (χ2n) is 4.00. The third-order valence-electron chi connectivity index (χ3n) is 2.37. The molecular weight excluding hydrogens is 284 g/mol. The van der Waals surface area contributed by atoms with Crippen LogP contribution < -0.4 is 0 Å². The fourth-order valence-electron chi connectivity index (χ4n) is 1.32. The van der Waals surface area contributed by atoms with Gasteiger partial charge in [0.05, 0.1) is 12.2 Å². The van der Waals surface area contributed by atoms with E-state index in [4.69, 9.17) is 9.47 Å². The molecule has 3 nitrogen and oxygen atoms in total. The molecule has 1 aromatic rings. The van der Waals surface area contributed by atoms with Gasteiger partial charge in [0, 0.05) is 18.2 Å². The highest BCUT2D eigenvalue weighted by atomic mass is 79.9. The summed E-state index contributed by atoms with van der Waals surface area (Å²) in [4.78, 5) is 11.7. The van der Waals surface area contributed by atoms with E-state index in [1.165, 1.54) is 0 Å². The Balaban J connectivity index is 2.39. The van der Waals surface area contributed by atoms with Crippen LogP contribution >= 0.6 is 15.9 Å². The zero-order chi connectivity index (χ0) is 12.7. The fraction of sp³-hybridized carbons (Fsp3) is 0.462. The molecule has 0 aliphatic heterocycles. The van der Waals surface area contributed by atoms with Gasteiger partial charge < -0.3 is 9.47 Å². The summed E-state index contributed by atoms with van der Waals surface area (Å²) in [6, 6.07) is 7.18. The second-order valence-corrected chi connectivity index (χ2v) is 4.91. The predicted molar refractivity (Wildman–Crippen MR) is 70.1 cm³/mol. The number of carbonyl (C=O) groups excluding carboxylic acids is 1. The summed E-state index contributed by atoms with van der Waals surface area (Å²) in [5.74, 6) is 0.0293. The Morgan fingerprint density at radius 2 is 2.24 bits per heavy atom. The molecule has 0 aliphatic carbocycles. The van der Waals surface area contributed by atoms with Gasteiger partial charge in [0.2, 0.25) is 0 Å². The number of hydrogen-bond acceptors (Lipinski definition) is 3. The topological polar surface area (TPSA) is 35.5 Å². The van der Waals surface area contributed by atoms with Crippen LogP contribution in [0.1, 0.15) is 23.7 Å². The molecule has 94 valence electrons. The zero-order valence-electron chi connectivity index (χ0n) is 10.1. The summed E-state index contributed by atoms with van der Waals surface area (Å²) in [5.41, 5.74) is 0.568. The predicted octanol–water partition coefficient (Wildman–Crippen LogP) is 3.28. The zero-order valence-corrected chi connectivity index (χ0v) is 11.7. The minimum absolute atomic E-state index is 0.282. The van der Waals surface area contributed by atoms with Crippen LogP contribution in [0.15, 0.2) is 28.7 Å². The molecule has 0 fully saturated rings. The highest BCUT2D eigenvalue weighted by molar-refractivity contribution is 9.10. The van der Waals surface area contributed by atoms with Crippen molar-refractivity contribution in [2.24, 2.45) is 5.92 Å². The van der Waals surface area contributed by atoms with E-state index >= 15 is 0 Å². The number of ether oxygens (including phenoxy) is 2. The summed E-state index contributed by atoms with van der Waals surface area (Å²) in [6.07, 6.45) is 0.891. The molecule has 0 amide bonds. The third-order valence-corrected chi connectivity index (χ3v) is 2.87. The van der Waals surface area contributed by atoms with Gasteiger partial charge in [-0.1, -0.05) is 28.9 Å². The fourth-order valence-corrected chi connectivity index (χ4v) is 1.72. The van der Waals surface area contributed by atoms with Gasteiger partial charge in [0.1, 0.15) is 0 Å². The Bertz CT molecular complexity index is 365. The molecule has 0 N–H and O–H groups in total. The van der Waals surface area contributed by atoms with Crippen molar-refractivity contribution < 1.29 is 14.3 Å². The molecule has 0 saturated carbocycles. The highest BCUT2D eigenvalue weighted by Gasteiger charge is 2.09. The lowest BCUT2D eigenvalue weighted by Crippen LogP contribution is -2.13. The number of rotatable bonds is 6. The normalized spacial score (nSPS) is 12.2. The average molecular weight is 301 g/mol. The first-order chi connectivity index (χ1) is 8.13. The van der Waals surface area contributed by atoms with E-state index in [1.807, 2.05) is 19.1 Å². The quantitative estimate of drug-likeness (QED) is 0.756. The Morgan fingerprint density at radius 3 is 2.88 bits per heavy atom. The van der Waals surface area contributed by atoms with Gasteiger partial charge in [0.15, 0.2) is 0 Å². The average Bonchev–Trinajstić information content (AvgIpc) is 2.33. The van der Waals surface area contributed by atoms with Crippen LogP contribution in [0, 0.1) is 5.92 Å². The Hall–Kier alpha value is -0.870. The monoisotopic (exact) mass is 300 g/mol. The maximum Gasteiger partial charge on any atom is 0.338 e. The summed E-state index contributed by atoms with van der Waals surface area (Å²) in [6.45, 7) is 3.15. The van der Waals surface area contributed by atoms with E-state index in [2.05, 4.69) is 15.9 Å². The molecule has 0 bridgehead atoms. The molecule has 0 aromatic heterocycles. The van der Waals surface area contributed by atoms with Crippen molar-refractivity contribution in [1.29, 1.82) is 0 Å². The van der Waals surface area contributed by atoms with Crippen molar-refractivity contribution in [3.05, 3.63) is 34.3 Å². The number of benzene rings is 1. The van der Waals surface area contributed by atoms with Crippen molar-refractivity contribution in [2.75, 3.05) is 20.3 Å². The smallest absolute Gasteiger partial charge is 0.338 e. The van der Waals surface area contributed by atoms with E-state index in [1.54, 1.807) is 19.2 Å². The summed E-state index contributed by atoms with van der Waals surface area (Å²) in [7, 11) is 1.67. The van der Waals surface area contributed by atoms with Gasteiger partial charge in [0.25, 0.3) is 0 Å². The summed E-state index contributed by atoms with van der Waals surface area (Å²) < 4.78 is 11.1. The first kappa shape index (κ1) is 14.2. The van der Waals surface area contributed by atoms with Gasteiger partial charge in [-0.05, 0) is 30.5 Å². The van der Waals surface area contributed by atoms with Crippen LogP contribution in [0.4, 0.5) is 0 Å².